The first-order valence-corrected chi connectivity index (χ1v) is 17.9. The number of benzene rings is 2. The van der Waals surface area contributed by atoms with Crippen molar-refractivity contribution in [3.05, 3.63) is 82.2 Å². The molecule has 0 atom stereocenters. The van der Waals surface area contributed by atoms with Gasteiger partial charge in [-0.25, -0.2) is 9.13 Å². The van der Waals surface area contributed by atoms with Crippen LogP contribution in [0.15, 0.2) is 53.8 Å². The number of rotatable bonds is 9. The molecular weight excluding hydrogens is 536 g/mol. The number of amidine groups is 1. The van der Waals surface area contributed by atoms with Gasteiger partial charge in [0.2, 0.25) is 0 Å². The Hall–Kier alpha value is -2.88. The fraction of sp³-hybridized carbons (Fsp3) is 0.600. The van der Waals surface area contributed by atoms with E-state index in [1.165, 1.54) is 92.3 Å². The normalized spacial score (nSPS) is 17.4. The first-order chi connectivity index (χ1) is 21.2. The van der Waals surface area contributed by atoms with Crippen molar-refractivity contribution in [2.75, 3.05) is 0 Å². The van der Waals surface area contributed by atoms with Gasteiger partial charge in [-0.05, 0) is 109 Å². The first kappa shape index (κ1) is 32.5. The third kappa shape index (κ3) is 7.00. The van der Waals surface area contributed by atoms with E-state index in [0.717, 1.165) is 17.2 Å². The Morgan fingerprint density at radius 3 is 1.66 bits per heavy atom. The molecule has 2 fully saturated rings. The van der Waals surface area contributed by atoms with Crippen molar-refractivity contribution in [3.8, 4) is 0 Å². The van der Waals surface area contributed by atoms with Gasteiger partial charge in [-0.15, -0.1) is 0 Å². The number of aromatic nitrogens is 2. The second-order valence-electron chi connectivity index (χ2n) is 14.8. The highest BCUT2D eigenvalue weighted by molar-refractivity contribution is 6.12. The molecule has 2 aliphatic rings. The Bertz CT molecular complexity index is 1320. The number of hydrogen-bond acceptors (Lipinski definition) is 1. The Morgan fingerprint density at radius 2 is 1.16 bits per heavy atom. The zero-order chi connectivity index (χ0) is 31.4. The maximum Gasteiger partial charge on any atom is 0.281 e. The Morgan fingerprint density at radius 1 is 0.682 bits per heavy atom. The van der Waals surface area contributed by atoms with Gasteiger partial charge in [0.15, 0.2) is 0 Å². The highest BCUT2D eigenvalue weighted by Gasteiger charge is 2.32. The average molecular weight is 595 g/mol. The fourth-order valence-corrected chi connectivity index (χ4v) is 7.58. The molecule has 0 spiro atoms. The molecule has 0 radical (unpaired) electrons. The number of imidazole rings is 1. The molecule has 0 aliphatic heterocycles. The topological polar surface area (TPSA) is 35.3 Å². The molecule has 2 aliphatic carbocycles. The van der Waals surface area contributed by atoms with E-state index in [4.69, 9.17) is 10.3 Å². The van der Waals surface area contributed by atoms with Crippen LogP contribution in [0.3, 0.4) is 0 Å². The molecule has 0 bridgehead atoms. The van der Waals surface area contributed by atoms with E-state index in [0.29, 0.717) is 35.8 Å². The van der Waals surface area contributed by atoms with Crippen LogP contribution in [0.25, 0.3) is 5.32 Å². The zero-order valence-electron chi connectivity index (χ0n) is 28.9. The van der Waals surface area contributed by atoms with Crippen LogP contribution in [0, 0.1) is 0 Å². The minimum absolute atomic E-state index is 0.374. The molecule has 2 aromatic carbocycles. The van der Waals surface area contributed by atoms with Crippen LogP contribution < -0.4 is 4.57 Å². The monoisotopic (exact) mass is 594 g/mol. The van der Waals surface area contributed by atoms with Crippen LogP contribution in [0.5, 0.6) is 0 Å². The average Bonchev–Trinajstić information content (AvgIpc) is 3.46. The third-order valence-corrected chi connectivity index (χ3v) is 10.1. The van der Waals surface area contributed by atoms with Gasteiger partial charge in [-0.1, -0.05) is 105 Å². The predicted molar refractivity (Wildman–Crippen MR) is 187 cm³/mol. The van der Waals surface area contributed by atoms with Gasteiger partial charge in [0.05, 0.1) is 0 Å². The maximum absolute atomic E-state index is 5.76. The SMILES string of the molecule is CC(C)c1cccc(C(C)C)c1N=C([N-]c1c(C(C)C)cccc1C(C)C)c1n(C2CCCCC2)cc[n+]1C1CCCCC1. The quantitative estimate of drug-likeness (QED) is 0.134. The summed E-state index contributed by atoms with van der Waals surface area (Å²) in [6, 6.07) is 14.6. The standard InChI is InChI=1S/C40H58N4/c1-27(2)33-21-15-22-34(28(3)4)37(33)41-39(42-38-35(29(5)6)23-16-24-36(38)30(7)8)40-43(31-17-11-9-12-18-31)25-26-44(40)32-19-13-10-14-20-32/h15-16,21-32H,9-14,17-20H2,1-8H3. The van der Waals surface area contributed by atoms with Gasteiger partial charge in [-0.3, -0.25) is 0 Å². The van der Waals surface area contributed by atoms with Crippen molar-refractivity contribution >= 4 is 17.2 Å². The van der Waals surface area contributed by atoms with Crippen molar-refractivity contribution in [1.82, 2.24) is 4.57 Å². The lowest BCUT2D eigenvalue weighted by Crippen LogP contribution is -2.45. The minimum Gasteiger partial charge on any atom is -0.429 e. The molecule has 4 heteroatoms. The van der Waals surface area contributed by atoms with Crippen LogP contribution >= 0.6 is 0 Å². The van der Waals surface area contributed by atoms with Crippen molar-refractivity contribution in [2.45, 2.75) is 155 Å². The number of nitrogens with zero attached hydrogens (tertiary/aromatic N) is 4. The van der Waals surface area contributed by atoms with E-state index >= 15 is 0 Å². The van der Waals surface area contributed by atoms with E-state index in [9.17, 15) is 0 Å². The van der Waals surface area contributed by atoms with Crippen LogP contribution in [-0.4, -0.2) is 10.4 Å². The lowest BCUT2D eigenvalue weighted by molar-refractivity contribution is -0.726. The lowest BCUT2D eigenvalue weighted by Gasteiger charge is -2.31. The third-order valence-electron chi connectivity index (χ3n) is 10.1. The maximum atomic E-state index is 5.76. The molecular formula is C40H58N4. The number of aliphatic imine (C=N–C) groups is 1. The molecule has 0 N–H and O–H groups in total. The summed E-state index contributed by atoms with van der Waals surface area (Å²) in [5.74, 6) is 3.59. The highest BCUT2D eigenvalue weighted by Crippen LogP contribution is 2.42. The van der Waals surface area contributed by atoms with Gasteiger partial charge < -0.3 is 10.3 Å². The summed E-state index contributed by atoms with van der Waals surface area (Å²) >= 11 is 0. The smallest absolute Gasteiger partial charge is 0.281 e. The van der Waals surface area contributed by atoms with E-state index in [1.807, 2.05) is 0 Å². The van der Waals surface area contributed by atoms with Gasteiger partial charge >= 0.3 is 0 Å². The van der Waals surface area contributed by atoms with Crippen molar-refractivity contribution in [3.63, 3.8) is 0 Å². The molecule has 1 aromatic heterocycles. The second kappa shape index (κ2) is 14.5. The summed E-state index contributed by atoms with van der Waals surface area (Å²) in [6.07, 6.45) is 17.6. The van der Waals surface area contributed by atoms with Crippen LogP contribution in [0.2, 0.25) is 0 Å². The van der Waals surface area contributed by atoms with Crippen molar-refractivity contribution < 1.29 is 4.57 Å². The lowest BCUT2D eigenvalue weighted by atomic mass is 9.92. The fourth-order valence-electron chi connectivity index (χ4n) is 7.58. The molecule has 1 heterocycles. The van der Waals surface area contributed by atoms with E-state index in [2.05, 4.69) is 113 Å². The van der Waals surface area contributed by atoms with Gasteiger partial charge in [0.25, 0.3) is 5.82 Å². The summed E-state index contributed by atoms with van der Waals surface area (Å²) in [6.45, 7) is 18.4. The van der Waals surface area contributed by atoms with E-state index < -0.39 is 0 Å². The van der Waals surface area contributed by atoms with Crippen LogP contribution in [0.1, 0.15) is 183 Å². The van der Waals surface area contributed by atoms with E-state index in [-0.39, 0.29) is 0 Å². The van der Waals surface area contributed by atoms with E-state index in [1.54, 1.807) is 0 Å². The van der Waals surface area contributed by atoms with Crippen molar-refractivity contribution in [1.29, 1.82) is 0 Å². The van der Waals surface area contributed by atoms with Crippen LogP contribution in [0.4, 0.5) is 11.4 Å². The summed E-state index contributed by atoms with van der Waals surface area (Å²) in [4.78, 5) is 5.76. The number of para-hydroxylation sites is 2. The van der Waals surface area contributed by atoms with Crippen molar-refractivity contribution in [2.24, 2.45) is 4.99 Å². The highest BCUT2D eigenvalue weighted by atomic mass is 15.2. The molecule has 0 saturated heterocycles. The first-order valence-electron chi connectivity index (χ1n) is 17.9. The Balaban J connectivity index is 1.81. The van der Waals surface area contributed by atoms with Crippen LogP contribution in [-0.2, 0) is 0 Å². The summed E-state index contributed by atoms with van der Waals surface area (Å²) in [5.41, 5.74) is 7.48. The molecule has 4 nitrogen and oxygen atoms in total. The molecule has 238 valence electrons. The Kier molecular flexibility index (Phi) is 10.7. The zero-order valence-corrected chi connectivity index (χ0v) is 28.9. The summed E-state index contributed by atoms with van der Waals surface area (Å²) in [7, 11) is 0. The molecule has 5 rings (SSSR count). The minimum atomic E-state index is 0.374. The predicted octanol–water partition coefficient (Wildman–Crippen LogP) is 12.1. The molecule has 0 amide bonds. The second-order valence-corrected chi connectivity index (χ2v) is 14.8. The van der Waals surface area contributed by atoms with Gasteiger partial charge in [-0.2, -0.15) is 0 Å². The van der Waals surface area contributed by atoms with Gasteiger partial charge in [0, 0.05) is 5.84 Å². The molecule has 2 saturated carbocycles. The largest absolute Gasteiger partial charge is 0.429 e. The molecule has 3 aromatic rings. The van der Waals surface area contributed by atoms with Gasteiger partial charge in [0.1, 0.15) is 24.5 Å². The number of hydrogen-bond donors (Lipinski definition) is 0. The molecule has 0 unspecified atom stereocenters. The Labute approximate surface area is 268 Å². The molecule has 44 heavy (non-hydrogen) atoms. The summed E-state index contributed by atoms with van der Waals surface area (Å²) < 4.78 is 5.19. The summed E-state index contributed by atoms with van der Waals surface area (Å²) in [5, 5.41) is 5.76.